The fourth-order valence-electron chi connectivity index (χ4n) is 12.5. The average Bonchev–Trinajstić information content (AvgIpc) is 3.27. The number of carbonyl (C=O) groups is 2. The third kappa shape index (κ3) is 4.49. The first-order valence-corrected chi connectivity index (χ1v) is 16.9. The van der Waals surface area contributed by atoms with E-state index in [0.717, 1.165) is 45.1 Å². The van der Waals surface area contributed by atoms with Gasteiger partial charge in [-0.1, -0.05) is 48.5 Å². The number of carbonyl (C=O) groups excluding carboxylic acids is 1. The molecular weight excluding hydrogens is 512 g/mol. The van der Waals surface area contributed by atoms with E-state index >= 15 is 0 Å². The molecule has 0 aromatic carbocycles. The number of aliphatic carboxylic acids is 1. The van der Waals surface area contributed by atoms with Crippen molar-refractivity contribution in [3.63, 3.8) is 0 Å². The molecule has 0 aromatic rings. The predicted octanol–water partition coefficient (Wildman–Crippen LogP) is 7.46. The van der Waals surface area contributed by atoms with Crippen molar-refractivity contribution in [2.45, 2.75) is 119 Å². The van der Waals surface area contributed by atoms with Crippen LogP contribution in [0.15, 0.2) is 0 Å². The van der Waals surface area contributed by atoms with Gasteiger partial charge in [0.05, 0.1) is 5.41 Å². The Morgan fingerprint density at radius 2 is 1.59 bits per heavy atom. The van der Waals surface area contributed by atoms with Crippen molar-refractivity contribution in [3.05, 3.63) is 0 Å². The van der Waals surface area contributed by atoms with Crippen molar-refractivity contribution in [2.75, 3.05) is 27.2 Å². The van der Waals surface area contributed by atoms with E-state index in [-0.39, 0.29) is 33.9 Å². The first-order chi connectivity index (χ1) is 19.0. The molecule has 6 nitrogen and oxygen atoms in total. The molecule has 0 bridgehead atoms. The topological polar surface area (TPSA) is 78.9 Å². The molecule has 4 unspecified atom stereocenters. The van der Waals surface area contributed by atoms with Crippen LogP contribution < -0.4 is 5.32 Å². The van der Waals surface area contributed by atoms with E-state index in [1.165, 1.54) is 25.7 Å². The van der Waals surface area contributed by atoms with E-state index in [0.29, 0.717) is 42.1 Å². The summed E-state index contributed by atoms with van der Waals surface area (Å²) in [6.07, 6.45) is 10.3. The van der Waals surface area contributed by atoms with Crippen LogP contribution in [0.1, 0.15) is 113 Å². The number of fused-ring (bicyclic) bond motifs is 7. The van der Waals surface area contributed by atoms with Crippen LogP contribution in [-0.4, -0.2) is 55.4 Å². The van der Waals surface area contributed by atoms with Crippen LogP contribution in [0.25, 0.3) is 0 Å². The molecule has 5 aliphatic carbocycles. The molecule has 1 amide bonds. The Hall–Kier alpha value is -1.30. The van der Waals surface area contributed by atoms with Gasteiger partial charge in [0, 0.05) is 18.5 Å². The van der Waals surface area contributed by atoms with Crippen molar-refractivity contribution in [3.8, 4) is 0 Å². The molecule has 0 saturated heterocycles. The number of hydrogen-bond acceptors (Lipinski definition) is 4. The fraction of sp³-hybridized carbons (Fsp3) is 0.943. The zero-order valence-corrected chi connectivity index (χ0v) is 27.6. The highest BCUT2D eigenvalue weighted by molar-refractivity contribution is 5.76. The van der Waals surface area contributed by atoms with Gasteiger partial charge in [0.15, 0.2) is 0 Å². The van der Waals surface area contributed by atoms with Gasteiger partial charge in [-0.15, -0.1) is 0 Å². The molecule has 6 heteroatoms. The summed E-state index contributed by atoms with van der Waals surface area (Å²) in [6, 6.07) is 0. The zero-order chi connectivity index (χ0) is 30.2. The van der Waals surface area contributed by atoms with Crippen LogP contribution in [0.3, 0.4) is 0 Å². The minimum atomic E-state index is -0.513. The van der Waals surface area contributed by atoms with Gasteiger partial charge >= 0.3 is 12.1 Å². The maximum Gasteiger partial charge on any atom is 0.407 e. The first-order valence-electron chi connectivity index (χ1n) is 16.9. The largest absolute Gasteiger partial charge is 0.481 e. The van der Waals surface area contributed by atoms with E-state index in [2.05, 4.69) is 58.7 Å². The first kappa shape index (κ1) is 31.1. The smallest absolute Gasteiger partial charge is 0.407 e. The lowest BCUT2D eigenvalue weighted by atomic mass is 9.32. The van der Waals surface area contributed by atoms with Crippen LogP contribution in [-0.2, 0) is 9.53 Å². The maximum atomic E-state index is 12.9. The Kier molecular flexibility index (Phi) is 7.90. The lowest BCUT2D eigenvalue weighted by molar-refractivity contribution is -0.249. The van der Waals surface area contributed by atoms with Crippen LogP contribution in [0.2, 0.25) is 0 Å². The highest BCUT2D eigenvalue weighted by Gasteiger charge is 2.72. The summed E-state index contributed by atoms with van der Waals surface area (Å²) in [5.41, 5.74) is 0.0103. The molecule has 5 fully saturated rings. The van der Waals surface area contributed by atoms with Crippen LogP contribution >= 0.6 is 0 Å². The Labute approximate surface area is 250 Å². The van der Waals surface area contributed by atoms with Gasteiger partial charge in [-0.3, -0.25) is 4.79 Å². The zero-order valence-electron chi connectivity index (χ0n) is 27.6. The Balaban J connectivity index is 1.40. The molecule has 0 spiro atoms. The number of rotatable bonds is 6. The minimum Gasteiger partial charge on any atom is -0.481 e. The Morgan fingerprint density at radius 1 is 0.878 bits per heavy atom. The van der Waals surface area contributed by atoms with Gasteiger partial charge in [0.1, 0.15) is 6.10 Å². The summed E-state index contributed by atoms with van der Waals surface area (Å²) in [7, 11) is 4.02. The molecule has 41 heavy (non-hydrogen) atoms. The molecule has 5 aliphatic rings. The summed E-state index contributed by atoms with van der Waals surface area (Å²) < 4.78 is 6.14. The average molecular weight is 573 g/mol. The number of carboxylic acids is 1. The Morgan fingerprint density at radius 3 is 2.22 bits per heavy atom. The number of likely N-dealkylation sites (N-methyl/N-ethyl adjacent to an activating group) is 1. The minimum absolute atomic E-state index is 0.0626. The third-order valence-corrected chi connectivity index (χ3v) is 14.8. The highest BCUT2D eigenvalue weighted by Crippen LogP contribution is 2.77. The van der Waals surface area contributed by atoms with E-state index in [1.54, 1.807) is 0 Å². The molecule has 234 valence electrons. The van der Waals surface area contributed by atoms with Gasteiger partial charge < -0.3 is 20.1 Å². The second-order valence-corrected chi connectivity index (χ2v) is 17.1. The molecule has 10 atom stereocenters. The van der Waals surface area contributed by atoms with Gasteiger partial charge in [0.2, 0.25) is 0 Å². The molecule has 0 heterocycles. The molecule has 2 N–H and O–H groups in total. The Bertz CT molecular complexity index is 1030. The molecular formula is C35H60N2O4. The number of amides is 1. The quantitative estimate of drug-likeness (QED) is 0.345. The summed E-state index contributed by atoms with van der Waals surface area (Å²) in [5.74, 6) is 2.51. The van der Waals surface area contributed by atoms with E-state index in [1.807, 2.05) is 14.1 Å². The molecule has 5 saturated carbocycles. The maximum absolute atomic E-state index is 12.9. The number of nitrogens with one attached hydrogen (secondary N) is 1. The van der Waals surface area contributed by atoms with E-state index in [4.69, 9.17) is 4.74 Å². The standard InChI is InChI=1S/C35H60N2O4/c1-22(2)23-12-17-35(29(38)39)19-18-33(6)24(28(23)35)10-11-26-32(5)15-14-27(41-30(40)36-20-21-37(8)9)31(3,4)25(32)13-16-34(26,33)7/h22-28H,10-21H2,1-9H3,(H,36,40)(H,38,39)/t23-,24?,25?,26?,27+,28?,32-,33+,34+,35-/m0/s1. The summed E-state index contributed by atoms with van der Waals surface area (Å²) in [6.45, 7) is 18.6. The van der Waals surface area contributed by atoms with E-state index in [9.17, 15) is 14.7 Å². The van der Waals surface area contributed by atoms with Crippen molar-refractivity contribution >= 4 is 12.1 Å². The number of alkyl carbamates (subject to hydrolysis) is 1. The third-order valence-electron chi connectivity index (χ3n) is 14.8. The van der Waals surface area contributed by atoms with Crippen LogP contribution in [0, 0.1) is 62.6 Å². The second-order valence-electron chi connectivity index (χ2n) is 17.1. The van der Waals surface area contributed by atoms with Crippen molar-refractivity contribution in [1.29, 1.82) is 0 Å². The SMILES string of the molecule is CC(C)[C@@H]1CC[C@]2(C(=O)O)CC[C@]3(C)C(CCC4[C@@]5(C)CC[C@@H](OC(=O)NCCN(C)C)C(C)(C)C5CC[C@]43C)C12. The van der Waals surface area contributed by atoms with Crippen LogP contribution in [0.4, 0.5) is 4.79 Å². The molecule has 5 rings (SSSR count). The molecule has 0 radical (unpaired) electrons. The second kappa shape index (κ2) is 10.4. The van der Waals surface area contributed by atoms with Gasteiger partial charge in [-0.05, 0) is 130 Å². The van der Waals surface area contributed by atoms with Gasteiger partial charge in [-0.25, -0.2) is 4.79 Å². The number of carboxylic acid groups (broad SMARTS) is 1. The lowest BCUT2D eigenvalue weighted by Crippen LogP contribution is -2.67. The summed E-state index contributed by atoms with van der Waals surface area (Å²) >= 11 is 0. The number of nitrogens with zero attached hydrogens (tertiary/aromatic N) is 1. The summed E-state index contributed by atoms with van der Waals surface area (Å²) in [4.78, 5) is 27.7. The van der Waals surface area contributed by atoms with Gasteiger partial charge in [0.25, 0.3) is 0 Å². The highest BCUT2D eigenvalue weighted by atomic mass is 16.6. The van der Waals surface area contributed by atoms with Crippen molar-refractivity contribution in [1.82, 2.24) is 10.2 Å². The molecule has 0 aromatic heterocycles. The predicted molar refractivity (Wildman–Crippen MR) is 163 cm³/mol. The summed E-state index contributed by atoms with van der Waals surface area (Å²) in [5, 5.41) is 13.6. The number of ether oxygens (including phenoxy) is 1. The van der Waals surface area contributed by atoms with E-state index < -0.39 is 11.4 Å². The lowest BCUT2D eigenvalue weighted by Gasteiger charge is -2.72. The van der Waals surface area contributed by atoms with Crippen LogP contribution in [0.5, 0.6) is 0 Å². The normalized spacial score (nSPS) is 46.7. The molecule has 0 aliphatic heterocycles. The number of hydrogen-bond donors (Lipinski definition) is 2. The monoisotopic (exact) mass is 572 g/mol. The van der Waals surface area contributed by atoms with Crippen molar-refractivity contribution < 1.29 is 19.4 Å². The fourth-order valence-corrected chi connectivity index (χ4v) is 12.5. The van der Waals surface area contributed by atoms with Crippen molar-refractivity contribution in [2.24, 2.45) is 62.6 Å². The van der Waals surface area contributed by atoms with Gasteiger partial charge in [-0.2, -0.15) is 0 Å².